The molecule has 0 radical (unpaired) electrons. The van der Waals surface area contributed by atoms with Crippen LogP contribution in [0.5, 0.6) is 0 Å². The minimum absolute atomic E-state index is 0.0283. The number of carbonyl (C=O) groups excluding carboxylic acids is 1. The van der Waals surface area contributed by atoms with Gasteiger partial charge in [-0.2, -0.15) is 11.8 Å². The molecule has 1 aliphatic rings. The molecule has 1 amide bonds. The van der Waals surface area contributed by atoms with Crippen molar-refractivity contribution in [1.29, 1.82) is 0 Å². The number of thioether (sulfide) groups is 1. The van der Waals surface area contributed by atoms with Crippen molar-refractivity contribution < 1.29 is 13.9 Å². The number of morpholine rings is 1. The van der Waals surface area contributed by atoms with E-state index in [2.05, 4.69) is 0 Å². The third kappa shape index (κ3) is 4.43. The molecule has 2 atom stereocenters. The van der Waals surface area contributed by atoms with Crippen molar-refractivity contribution in [1.82, 2.24) is 4.90 Å². The van der Waals surface area contributed by atoms with E-state index in [1.807, 2.05) is 6.26 Å². The lowest BCUT2D eigenvalue weighted by Gasteiger charge is -2.34. The second-order valence-corrected chi connectivity index (χ2v) is 6.07. The van der Waals surface area contributed by atoms with Gasteiger partial charge in [-0.15, -0.1) is 0 Å². The molecule has 1 aromatic rings. The number of carbonyl (C=O) groups is 1. The Bertz CT molecular complexity index is 469. The van der Waals surface area contributed by atoms with E-state index >= 15 is 0 Å². The number of rotatable bonds is 5. The molecule has 0 bridgehead atoms. The number of hydrogen-bond donors (Lipinski definition) is 1. The van der Waals surface area contributed by atoms with E-state index in [1.165, 1.54) is 12.1 Å². The highest BCUT2D eigenvalue weighted by Gasteiger charge is 2.28. The maximum atomic E-state index is 13.0. The predicted molar refractivity (Wildman–Crippen MR) is 82.6 cm³/mol. The van der Waals surface area contributed by atoms with Crippen LogP contribution in [0, 0.1) is 5.82 Å². The van der Waals surface area contributed by atoms with E-state index < -0.39 is 6.04 Å². The van der Waals surface area contributed by atoms with Crippen LogP contribution in [-0.4, -0.2) is 48.6 Å². The largest absolute Gasteiger partial charge is 0.370 e. The fourth-order valence-corrected chi connectivity index (χ4v) is 2.82. The second-order valence-electron chi connectivity index (χ2n) is 5.08. The normalized spacial score (nSPS) is 20.3. The summed E-state index contributed by atoms with van der Waals surface area (Å²) in [6, 6.07) is 5.75. The summed E-state index contributed by atoms with van der Waals surface area (Å²) in [4.78, 5) is 14.1. The number of amides is 1. The van der Waals surface area contributed by atoms with E-state index in [-0.39, 0.29) is 17.8 Å². The van der Waals surface area contributed by atoms with Gasteiger partial charge in [0.2, 0.25) is 5.91 Å². The highest BCUT2D eigenvalue weighted by atomic mass is 32.2. The minimum Gasteiger partial charge on any atom is -0.370 e. The monoisotopic (exact) mass is 312 g/mol. The van der Waals surface area contributed by atoms with Gasteiger partial charge in [-0.05, 0) is 36.1 Å². The average Bonchev–Trinajstić information content (AvgIpc) is 2.52. The van der Waals surface area contributed by atoms with Crippen LogP contribution in [0.2, 0.25) is 0 Å². The quantitative estimate of drug-likeness (QED) is 0.901. The maximum absolute atomic E-state index is 13.0. The summed E-state index contributed by atoms with van der Waals surface area (Å²) in [7, 11) is 0. The summed E-state index contributed by atoms with van der Waals surface area (Å²) < 4.78 is 18.6. The number of nitrogens with zero attached hydrogens (tertiary/aromatic N) is 1. The molecule has 2 rings (SSSR count). The maximum Gasteiger partial charge on any atom is 0.239 e. The van der Waals surface area contributed by atoms with Gasteiger partial charge in [0.15, 0.2) is 0 Å². The summed E-state index contributed by atoms with van der Waals surface area (Å²) in [6.45, 7) is 1.50. The number of benzene rings is 1. The molecule has 0 saturated carbocycles. The van der Waals surface area contributed by atoms with Gasteiger partial charge in [0.1, 0.15) is 11.9 Å². The first kappa shape index (κ1) is 16.3. The van der Waals surface area contributed by atoms with Crippen molar-refractivity contribution in [2.24, 2.45) is 5.73 Å². The van der Waals surface area contributed by atoms with Crippen molar-refractivity contribution in [3.63, 3.8) is 0 Å². The van der Waals surface area contributed by atoms with Crippen molar-refractivity contribution in [3.8, 4) is 0 Å². The van der Waals surface area contributed by atoms with Gasteiger partial charge in [-0.3, -0.25) is 4.79 Å². The summed E-state index contributed by atoms with van der Waals surface area (Å²) in [5.41, 5.74) is 6.82. The first-order valence-corrected chi connectivity index (χ1v) is 8.41. The van der Waals surface area contributed by atoms with Crippen molar-refractivity contribution in [2.45, 2.75) is 18.6 Å². The van der Waals surface area contributed by atoms with Gasteiger partial charge in [-0.25, -0.2) is 4.39 Å². The van der Waals surface area contributed by atoms with Crippen LogP contribution in [0.1, 0.15) is 18.1 Å². The molecule has 0 spiro atoms. The molecule has 1 aliphatic heterocycles. The molecule has 6 heteroatoms. The highest BCUT2D eigenvalue weighted by molar-refractivity contribution is 7.98. The third-order valence-corrected chi connectivity index (χ3v) is 4.21. The van der Waals surface area contributed by atoms with E-state index in [0.717, 1.165) is 11.3 Å². The summed E-state index contributed by atoms with van der Waals surface area (Å²) in [5.74, 6) is 0.569. The number of halogens is 1. The van der Waals surface area contributed by atoms with Crippen LogP contribution >= 0.6 is 11.8 Å². The first-order valence-electron chi connectivity index (χ1n) is 7.02. The second kappa shape index (κ2) is 7.77. The molecule has 21 heavy (non-hydrogen) atoms. The van der Waals surface area contributed by atoms with Crippen LogP contribution in [-0.2, 0) is 9.53 Å². The average molecular weight is 312 g/mol. The lowest BCUT2D eigenvalue weighted by atomic mass is 10.1. The van der Waals surface area contributed by atoms with Gasteiger partial charge < -0.3 is 15.4 Å². The van der Waals surface area contributed by atoms with E-state index in [1.54, 1.807) is 28.8 Å². The third-order valence-electron chi connectivity index (χ3n) is 3.57. The molecule has 0 aromatic heterocycles. The van der Waals surface area contributed by atoms with Crippen LogP contribution in [0.15, 0.2) is 24.3 Å². The Balaban J connectivity index is 1.97. The van der Waals surface area contributed by atoms with Crippen LogP contribution < -0.4 is 5.73 Å². The molecule has 4 nitrogen and oxygen atoms in total. The molecule has 1 fully saturated rings. The molecule has 116 valence electrons. The standard InChI is InChI=1S/C15H21FN2O2S/c1-21-9-6-13(17)15(19)18-7-8-20-14(10-18)11-2-4-12(16)5-3-11/h2-5,13-14H,6-10,17H2,1H3/t13-,14?/m0/s1. The van der Waals surface area contributed by atoms with Gasteiger partial charge in [0.05, 0.1) is 19.2 Å². The van der Waals surface area contributed by atoms with E-state index in [4.69, 9.17) is 10.5 Å². The smallest absolute Gasteiger partial charge is 0.239 e. The predicted octanol–water partition coefficient (Wildman–Crippen LogP) is 1.81. The Morgan fingerprint density at radius 3 is 2.90 bits per heavy atom. The SMILES string of the molecule is CSCC[C@H](N)C(=O)N1CCOC(c2ccc(F)cc2)C1. The van der Waals surface area contributed by atoms with Crippen molar-refractivity contribution >= 4 is 17.7 Å². The van der Waals surface area contributed by atoms with Gasteiger partial charge in [-0.1, -0.05) is 12.1 Å². The van der Waals surface area contributed by atoms with Crippen LogP contribution in [0.25, 0.3) is 0 Å². The Labute approximate surface area is 128 Å². The van der Waals surface area contributed by atoms with Gasteiger partial charge >= 0.3 is 0 Å². The Morgan fingerprint density at radius 2 is 2.24 bits per heavy atom. The lowest BCUT2D eigenvalue weighted by Crippen LogP contribution is -2.49. The summed E-state index contributed by atoms with van der Waals surface area (Å²) in [5, 5.41) is 0. The lowest BCUT2D eigenvalue weighted by molar-refractivity contribution is -0.140. The zero-order valence-electron chi connectivity index (χ0n) is 12.1. The molecular formula is C15H21FN2O2S. The molecule has 0 aliphatic carbocycles. The molecule has 2 N–H and O–H groups in total. The zero-order valence-corrected chi connectivity index (χ0v) is 12.9. The van der Waals surface area contributed by atoms with E-state index in [0.29, 0.717) is 26.1 Å². The van der Waals surface area contributed by atoms with Gasteiger partial charge in [0, 0.05) is 6.54 Å². The van der Waals surface area contributed by atoms with Crippen molar-refractivity contribution in [2.75, 3.05) is 31.7 Å². The minimum atomic E-state index is -0.454. The summed E-state index contributed by atoms with van der Waals surface area (Å²) >= 11 is 1.68. The van der Waals surface area contributed by atoms with Gasteiger partial charge in [0.25, 0.3) is 0 Å². The number of ether oxygens (including phenoxy) is 1. The zero-order chi connectivity index (χ0) is 15.2. The topological polar surface area (TPSA) is 55.6 Å². The molecule has 1 aromatic carbocycles. The Morgan fingerprint density at radius 1 is 1.52 bits per heavy atom. The fourth-order valence-electron chi connectivity index (χ4n) is 2.33. The van der Waals surface area contributed by atoms with Crippen LogP contribution in [0.3, 0.4) is 0 Å². The Hall–Kier alpha value is -1.11. The Kier molecular flexibility index (Phi) is 6.02. The molecule has 1 saturated heterocycles. The molecule has 1 heterocycles. The van der Waals surface area contributed by atoms with Crippen molar-refractivity contribution in [3.05, 3.63) is 35.6 Å². The van der Waals surface area contributed by atoms with Crippen LogP contribution in [0.4, 0.5) is 4.39 Å². The summed E-state index contributed by atoms with van der Waals surface area (Å²) in [6.07, 6.45) is 2.46. The van der Waals surface area contributed by atoms with E-state index in [9.17, 15) is 9.18 Å². The first-order chi connectivity index (χ1) is 10.1. The number of nitrogens with two attached hydrogens (primary N) is 1. The molecular weight excluding hydrogens is 291 g/mol. The highest BCUT2D eigenvalue weighted by Crippen LogP contribution is 2.23. The molecule has 1 unspecified atom stereocenters. The fraction of sp³-hybridized carbons (Fsp3) is 0.533. The number of hydrogen-bond acceptors (Lipinski definition) is 4.